The van der Waals surface area contributed by atoms with Gasteiger partial charge in [-0.3, -0.25) is 14.9 Å². The van der Waals surface area contributed by atoms with Gasteiger partial charge in [-0.15, -0.1) is 0 Å². The largest absolute Gasteiger partial charge is 0.314 e. The van der Waals surface area contributed by atoms with Gasteiger partial charge in [-0.2, -0.15) is 0 Å². The number of anilines is 1. The number of amides is 1. The standard InChI is InChI=1S/C10H13N3O3/c1-11-7-10(14)12(2)8-3-5-9(6-4-8)13(15)16/h3-6,11H,7H2,1-2H3. The van der Waals surface area contributed by atoms with Crippen molar-refractivity contribution >= 4 is 17.3 Å². The Morgan fingerprint density at radius 3 is 2.44 bits per heavy atom. The van der Waals surface area contributed by atoms with Crippen LogP contribution >= 0.6 is 0 Å². The fourth-order valence-corrected chi connectivity index (χ4v) is 1.21. The molecule has 0 unspecified atom stereocenters. The summed E-state index contributed by atoms with van der Waals surface area (Å²) in [5.41, 5.74) is 0.643. The van der Waals surface area contributed by atoms with Gasteiger partial charge in [0.2, 0.25) is 5.91 Å². The maximum atomic E-state index is 11.5. The molecule has 0 saturated heterocycles. The van der Waals surface area contributed by atoms with Crippen molar-refractivity contribution in [2.24, 2.45) is 0 Å². The van der Waals surface area contributed by atoms with E-state index in [2.05, 4.69) is 5.32 Å². The number of nitrogens with zero attached hydrogens (tertiary/aromatic N) is 2. The Morgan fingerprint density at radius 2 is 2.00 bits per heavy atom. The van der Waals surface area contributed by atoms with Crippen molar-refractivity contribution in [3.8, 4) is 0 Å². The van der Waals surface area contributed by atoms with Crippen molar-refractivity contribution < 1.29 is 9.72 Å². The van der Waals surface area contributed by atoms with Crippen LogP contribution in [0.1, 0.15) is 0 Å². The van der Waals surface area contributed by atoms with Crippen molar-refractivity contribution in [3.05, 3.63) is 34.4 Å². The van der Waals surface area contributed by atoms with E-state index < -0.39 is 4.92 Å². The van der Waals surface area contributed by atoms with Crippen LogP contribution in [0.15, 0.2) is 24.3 Å². The SMILES string of the molecule is CNCC(=O)N(C)c1ccc([N+](=O)[O-])cc1. The molecule has 1 aromatic rings. The van der Waals surface area contributed by atoms with Crippen LogP contribution in [-0.4, -0.2) is 31.5 Å². The molecule has 86 valence electrons. The van der Waals surface area contributed by atoms with Gasteiger partial charge >= 0.3 is 0 Å². The highest BCUT2D eigenvalue weighted by Gasteiger charge is 2.11. The first-order valence-electron chi connectivity index (χ1n) is 4.72. The molecule has 0 spiro atoms. The van der Waals surface area contributed by atoms with Gasteiger partial charge in [0.05, 0.1) is 11.5 Å². The summed E-state index contributed by atoms with van der Waals surface area (Å²) in [6.07, 6.45) is 0. The third kappa shape index (κ3) is 2.77. The zero-order valence-electron chi connectivity index (χ0n) is 9.14. The zero-order valence-corrected chi connectivity index (χ0v) is 9.14. The molecule has 1 amide bonds. The summed E-state index contributed by atoms with van der Waals surface area (Å²) in [4.78, 5) is 22.9. The van der Waals surface area contributed by atoms with Gasteiger partial charge in [0.15, 0.2) is 0 Å². The maximum Gasteiger partial charge on any atom is 0.269 e. The average molecular weight is 223 g/mol. The van der Waals surface area contributed by atoms with Gasteiger partial charge in [-0.25, -0.2) is 0 Å². The monoisotopic (exact) mass is 223 g/mol. The summed E-state index contributed by atoms with van der Waals surface area (Å²) < 4.78 is 0. The second kappa shape index (κ2) is 5.22. The van der Waals surface area contributed by atoms with Gasteiger partial charge in [0, 0.05) is 24.9 Å². The fourth-order valence-electron chi connectivity index (χ4n) is 1.21. The first-order chi connectivity index (χ1) is 7.56. The molecule has 1 aromatic carbocycles. The molecule has 16 heavy (non-hydrogen) atoms. The average Bonchev–Trinajstić information content (AvgIpc) is 2.28. The highest BCUT2D eigenvalue weighted by molar-refractivity contribution is 5.94. The predicted octanol–water partition coefficient (Wildman–Crippen LogP) is 0.777. The molecule has 0 aliphatic heterocycles. The van der Waals surface area contributed by atoms with Crippen molar-refractivity contribution in [2.45, 2.75) is 0 Å². The van der Waals surface area contributed by atoms with Gasteiger partial charge in [0.1, 0.15) is 0 Å². The molecule has 0 radical (unpaired) electrons. The van der Waals surface area contributed by atoms with Gasteiger partial charge in [0.25, 0.3) is 5.69 Å². The first-order valence-corrected chi connectivity index (χ1v) is 4.72. The van der Waals surface area contributed by atoms with Crippen LogP contribution in [0.3, 0.4) is 0 Å². The van der Waals surface area contributed by atoms with Crippen molar-refractivity contribution in [2.75, 3.05) is 25.5 Å². The molecule has 0 aliphatic rings. The Hall–Kier alpha value is -1.95. The van der Waals surface area contributed by atoms with E-state index in [4.69, 9.17) is 0 Å². The van der Waals surface area contributed by atoms with E-state index >= 15 is 0 Å². The molecule has 6 heteroatoms. The summed E-state index contributed by atoms with van der Waals surface area (Å²) in [6, 6.07) is 5.84. The number of benzene rings is 1. The van der Waals surface area contributed by atoms with E-state index in [0.29, 0.717) is 5.69 Å². The third-order valence-corrected chi connectivity index (χ3v) is 2.15. The zero-order chi connectivity index (χ0) is 12.1. The highest BCUT2D eigenvalue weighted by atomic mass is 16.6. The Bertz CT molecular complexity index is 389. The minimum Gasteiger partial charge on any atom is -0.314 e. The first kappa shape index (κ1) is 12.1. The van der Waals surface area contributed by atoms with Crippen molar-refractivity contribution in [3.63, 3.8) is 0 Å². The van der Waals surface area contributed by atoms with E-state index in [-0.39, 0.29) is 18.1 Å². The van der Waals surface area contributed by atoms with Crippen LogP contribution in [0.25, 0.3) is 0 Å². The third-order valence-electron chi connectivity index (χ3n) is 2.15. The summed E-state index contributed by atoms with van der Waals surface area (Å²) in [5, 5.41) is 13.2. The molecule has 0 fully saturated rings. The fraction of sp³-hybridized carbons (Fsp3) is 0.300. The normalized spacial score (nSPS) is 9.88. The Kier molecular flexibility index (Phi) is 3.96. The van der Waals surface area contributed by atoms with Gasteiger partial charge in [-0.05, 0) is 19.2 Å². The maximum absolute atomic E-state index is 11.5. The second-order valence-electron chi connectivity index (χ2n) is 3.26. The van der Waals surface area contributed by atoms with Crippen LogP contribution in [0.2, 0.25) is 0 Å². The Morgan fingerprint density at radius 1 is 1.44 bits per heavy atom. The van der Waals surface area contributed by atoms with Crippen LogP contribution < -0.4 is 10.2 Å². The number of nitrogens with one attached hydrogen (secondary N) is 1. The van der Waals surface area contributed by atoms with E-state index in [9.17, 15) is 14.9 Å². The Balaban J connectivity index is 2.81. The quantitative estimate of drug-likeness (QED) is 0.604. The molecule has 0 atom stereocenters. The summed E-state index contributed by atoms with van der Waals surface area (Å²) in [6.45, 7) is 0.230. The minimum atomic E-state index is -0.473. The number of likely N-dealkylation sites (N-methyl/N-ethyl adjacent to an activating group) is 2. The van der Waals surface area contributed by atoms with Crippen LogP contribution in [-0.2, 0) is 4.79 Å². The molecule has 0 bridgehead atoms. The van der Waals surface area contributed by atoms with Crippen molar-refractivity contribution in [1.29, 1.82) is 0 Å². The lowest BCUT2D eigenvalue weighted by atomic mass is 10.2. The number of carbonyl (C=O) groups is 1. The van der Waals surface area contributed by atoms with Crippen LogP contribution in [0.5, 0.6) is 0 Å². The number of nitro groups is 1. The number of hydrogen-bond acceptors (Lipinski definition) is 4. The molecule has 0 heterocycles. The number of non-ortho nitro benzene ring substituents is 1. The highest BCUT2D eigenvalue weighted by Crippen LogP contribution is 2.18. The van der Waals surface area contributed by atoms with Gasteiger partial charge < -0.3 is 10.2 Å². The van der Waals surface area contributed by atoms with Crippen LogP contribution in [0.4, 0.5) is 11.4 Å². The van der Waals surface area contributed by atoms with E-state index in [0.717, 1.165) is 0 Å². The molecule has 0 aromatic heterocycles. The molecular formula is C10H13N3O3. The van der Waals surface area contributed by atoms with Crippen molar-refractivity contribution in [1.82, 2.24) is 5.32 Å². The summed E-state index contributed by atoms with van der Waals surface area (Å²) >= 11 is 0. The van der Waals surface area contributed by atoms with E-state index in [1.165, 1.54) is 17.0 Å². The minimum absolute atomic E-state index is 0.0122. The summed E-state index contributed by atoms with van der Waals surface area (Å²) in [7, 11) is 3.31. The smallest absolute Gasteiger partial charge is 0.269 e. The molecule has 1 N–H and O–H groups in total. The van der Waals surface area contributed by atoms with E-state index in [1.807, 2.05) is 0 Å². The summed E-state index contributed by atoms with van der Waals surface area (Å²) in [5.74, 6) is -0.101. The molecule has 1 rings (SSSR count). The lowest BCUT2D eigenvalue weighted by Gasteiger charge is -2.16. The number of hydrogen-bond donors (Lipinski definition) is 1. The van der Waals surface area contributed by atoms with E-state index in [1.54, 1.807) is 26.2 Å². The molecule has 6 nitrogen and oxygen atoms in total. The molecule has 0 aliphatic carbocycles. The molecule has 0 saturated carbocycles. The molecular weight excluding hydrogens is 210 g/mol. The predicted molar refractivity (Wildman–Crippen MR) is 60.4 cm³/mol. The van der Waals surface area contributed by atoms with Crippen LogP contribution in [0, 0.1) is 10.1 Å². The number of nitro benzene ring substituents is 1. The lowest BCUT2D eigenvalue weighted by Crippen LogP contribution is -2.33. The van der Waals surface area contributed by atoms with Gasteiger partial charge in [-0.1, -0.05) is 0 Å². The number of carbonyl (C=O) groups excluding carboxylic acids is 1. The Labute approximate surface area is 93.0 Å². The topological polar surface area (TPSA) is 75.5 Å². The number of rotatable bonds is 4. The second-order valence-corrected chi connectivity index (χ2v) is 3.26. The lowest BCUT2D eigenvalue weighted by molar-refractivity contribution is -0.384.